The molecule has 1 fully saturated rings. The van der Waals surface area contributed by atoms with Gasteiger partial charge in [0.2, 0.25) is 0 Å². The van der Waals surface area contributed by atoms with Gasteiger partial charge < -0.3 is 14.5 Å². The van der Waals surface area contributed by atoms with Crippen LogP contribution in [0.25, 0.3) is 0 Å². The van der Waals surface area contributed by atoms with Crippen molar-refractivity contribution in [2.75, 3.05) is 33.8 Å². The third kappa shape index (κ3) is 2.59. The second kappa shape index (κ2) is 3.54. The van der Waals surface area contributed by atoms with Crippen molar-refractivity contribution in [1.82, 2.24) is 9.80 Å². The van der Waals surface area contributed by atoms with Gasteiger partial charge in [0.25, 0.3) is 0 Å². The number of nitrogens with zero attached hydrogens (tertiary/aromatic N) is 2. The lowest BCUT2D eigenvalue weighted by molar-refractivity contribution is -0.0755. The summed E-state index contributed by atoms with van der Waals surface area (Å²) in [4.78, 5) is 15.0. The quantitative estimate of drug-likeness (QED) is 0.560. The van der Waals surface area contributed by atoms with Crippen LogP contribution in [-0.4, -0.2) is 55.2 Å². The lowest BCUT2D eigenvalue weighted by Crippen LogP contribution is -2.53. The first kappa shape index (κ1) is 10.3. The molecule has 0 aromatic rings. The molecule has 0 aromatic heterocycles. The number of rotatable bonds is 0. The zero-order valence-corrected chi connectivity index (χ0v) is 8.83. The summed E-state index contributed by atoms with van der Waals surface area (Å²) >= 11 is 0. The van der Waals surface area contributed by atoms with Crippen LogP contribution in [0.3, 0.4) is 0 Å². The fourth-order valence-corrected chi connectivity index (χ4v) is 1.46. The van der Waals surface area contributed by atoms with Crippen LogP contribution in [0.2, 0.25) is 0 Å². The lowest BCUT2D eigenvalue weighted by Gasteiger charge is -2.39. The van der Waals surface area contributed by atoms with E-state index in [9.17, 15) is 4.79 Å². The van der Waals surface area contributed by atoms with Crippen molar-refractivity contribution in [3.05, 3.63) is 0 Å². The molecule has 0 atom stereocenters. The molecular formula is C9H18N2O2. The van der Waals surface area contributed by atoms with Crippen LogP contribution in [-0.2, 0) is 4.74 Å². The monoisotopic (exact) mass is 186 g/mol. The summed E-state index contributed by atoms with van der Waals surface area (Å²) in [7, 11) is 3.54. The van der Waals surface area contributed by atoms with Crippen LogP contribution < -0.4 is 0 Å². The van der Waals surface area contributed by atoms with E-state index < -0.39 is 0 Å². The number of morpholine rings is 1. The first-order chi connectivity index (χ1) is 5.92. The van der Waals surface area contributed by atoms with E-state index in [4.69, 9.17) is 4.74 Å². The maximum Gasteiger partial charge on any atom is 0.319 e. The fourth-order valence-electron chi connectivity index (χ4n) is 1.46. The SMILES string of the molecule is CN(C)C(=O)N1CCOC(C)(C)C1. The molecule has 0 aromatic carbocycles. The van der Waals surface area contributed by atoms with Crippen molar-refractivity contribution in [3.63, 3.8) is 0 Å². The topological polar surface area (TPSA) is 32.8 Å². The van der Waals surface area contributed by atoms with Crippen molar-refractivity contribution in [2.24, 2.45) is 0 Å². The number of carbonyl (C=O) groups is 1. The number of urea groups is 1. The van der Waals surface area contributed by atoms with E-state index in [0.717, 1.165) is 0 Å². The molecule has 13 heavy (non-hydrogen) atoms. The van der Waals surface area contributed by atoms with Gasteiger partial charge in [-0.25, -0.2) is 4.79 Å². The largest absolute Gasteiger partial charge is 0.372 e. The summed E-state index contributed by atoms with van der Waals surface area (Å²) in [5, 5.41) is 0. The van der Waals surface area contributed by atoms with Gasteiger partial charge in [-0.15, -0.1) is 0 Å². The van der Waals surface area contributed by atoms with Gasteiger partial charge in [0, 0.05) is 20.6 Å². The first-order valence-electron chi connectivity index (χ1n) is 4.52. The molecule has 0 N–H and O–H groups in total. The van der Waals surface area contributed by atoms with Gasteiger partial charge in [-0.2, -0.15) is 0 Å². The van der Waals surface area contributed by atoms with Crippen molar-refractivity contribution in [2.45, 2.75) is 19.4 Å². The van der Waals surface area contributed by atoms with Crippen LogP contribution >= 0.6 is 0 Å². The Bertz CT molecular complexity index is 202. The van der Waals surface area contributed by atoms with E-state index in [0.29, 0.717) is 19.7 Å². The summed E-state index contributed by atoms with van der Waals surface area (Å²) in [6.07, 6.45) is 0. The summed E-state index contributed by atoms with van der Waals surface area (Å²) in [5.41, 5.74) is -0.204. The molecule has 76 valence electrons. The van der Waals surface area contributed by atoms with Crippen LogP contribution in [0.4, 0.5) is 4.79 Å². The van der Waals surface area contributed by atoms with E-state index in [1.165, 1.54) is 0 Å². The second-order valence-electron chi connectivity index (χ2n) is 4.21. The van der Waals surface area contributed by atoms with E-state index in [1.807, 2.05) is 18.7 Å². The van der Waals surface area contributed by atoms with Gasteiger partial charge in [-0.05, 0) is 13.8 Å². The zero-order valence-electron chi connectivity index (χ0n) is 8.83. The number of amides is 2. The molecule has 1 saturated heterocycles. The Morgan fingerprint density at radius 3 is 2.54 bits per heavy atom. The van der Waals surface area contributed by atoms with E-state index in [1.54, 1.807) is 19.0 Å². The molecule has 1 aliphatic rings. The number of carbonyl (C=O) groups excluding carboxylic acids is 1. The maximum absolute atomic E-state index is 11.6. The highest BCUT2D eigenvalue weighted by molar-refractivity contribution is 5.74. The van der Waals surface area contributed by atoms with Gasteiger partial charge in [0.05, 0.1) is 18.8 Å². The van der Waals surface area contributed by atoms with Crippen LogP contribution in [0.5, 0.6) is 0 Å². The van der Waals surface area contributed by atoms with E-state index >= 15 is 0 Å². The Morgan fingerprint density at radius 2 is 2.08 bits per heavy atom. The fraction of sp³-hybridized carbons (Fsp3) is 0.889. The predicted molar refractivity (Wildman–Crippen MR) is 50.7 cm³/mol. The molecule has 4 nitrogen and oxygen atoms in total. The average molecular weight is 186 g/mol. The molecule has 2 amide bonds. The van der Waals surface area contributed by atoms with Gasteiger partial charge >= 0.3 is 6.03 Å². The molecule has 1 heterocycles. The Morgan fingerprint density at radius 1 is 1.46 bits per heavy atom. The van der Waals surface area contributed by atoms with E-state index in [2.05, 4.69) is 0 Å². The average Bonchev–Trinajstić information content (AvgIpc) is 2.01. The molecule has 0 unspecified atom stereocenters. The van der Waals surface area contributed by atoms with Crippen LogP contribution in [0, 0.1) is 0 Å². The minimum Gasteiger partial charge on any atom is -0.372 e. The highest BCUT2D eigenvalue weighted by Crippen LogP contribution is 2.16. The van der Waals surface area contributed by atoms with Crippen LogP contribution in [0.1, 0.15) is 13.8 Å². The zero-order chi connectivity index (χ0) is 10.1. The standard InChI is InChI=1S/C9H18N2O2/c1-9(2)7-11(5-6-13-9)8(12)10(3)4/h5-7H2,1-4H3. The van der Waals surface area contributed by atoms with Gasteiger partial charge in [-0.1, -0.05) is 0 Å². The third-order valence-electron chi connectivity index (χ3n) is 2.08. The minimum absolute atomic E-state index is 0.0661. The molecule has 0 radical (unpaired) electrons. The molecular weight excluding hydrogens is 168 g/mol. The third-order valence-corrected chi connectivity index (χ3v) is 2.08. The minimum atomic E-state index is -0.204. The Hall–Kier alpha value is -0.770. The Kier molecular flexibility index (Phi) is 2.81. The first-order valence-corrected chi connectivity index (χ1v) is 4.52. The molecule has 0 saturated carbocycles. The maximum atomic E-state index is 11.6. The second-order valence-corrected chi connectivity index (χ2v) is 4.21. The lowest BCUT2D eigenvalue weighted by atomic mass is 10.1. The van der Waals surface area contributed by atoms with Crippen molar-refractivity contribution in [1.29, 1.82) is 0 Å². The normalized spacial score (nSPS) is 21.4. The van der Waals surface area contributed by atoms with Gasteiger partial charge in [-0.3, -0.25) is 0 Å². The number of hydrogen-bond donors (Lipinski definition) is 0. The molecule has 0 bridgehead atoms. The Labute approximate surface area is 79.4 Å². The highest BCUT2D eigenvalue weighted by Gasteiger charge is 2.30. The highest BCUT2D eigenvalue weighted by atomic mass is 16.5. The summed E-state index contributed by atoms with van der Waals surface area (Å²) < 4.78 is 5.51. The van der Waals surface area contributed by atoms with Crippen LogP contribution in [0.15, 0.2) is 0 Å². The molecule has 0 aliphatic carbocycles. The summed E-state index contributed by atoms with van der Waals surface area (Å²) in [6, 6.07) is 0.0661. The predicted octanol–water partition coefficient (Wildman–Crippen LogP) is 0.779. The molecule has 0 spiro atoms. The Balaban J connectivity index is 2.57. The van der Waals surface area contributed by atoms with Gasteiger partial charge in [0.1, 0.15) is 0 Å². The smallest absolute Gasteiger partial charge is 0.319 e. The summed E-state index contributed by atoms with van der Waals surface area (Å²) in [6.45, 7) is 6.00. The molecule has 4 heteroatoms. The summed E-state index contributed by atoms with van der Waals surface area (Å²) in [5.74, 6) is 0. The van der Waals surface area contributed by atoms with Crippen molar-refractivity contribution >= 4 is 6.03 Å². The van der Waals surface area contributed by atoms with E-state index in [-0.39, 0.29) is 11.6 Å². The molecule has 1 rings (SSSR count). The van der Waals surface area contributed by atoms with Gasteiger partial charge in [0.15, 0.2) is 0 Å². The molecule has 1 aliphatic heterocycles. The number of ether oxygens (including phenoxy) is 1. The van der Waals surface area contributed by atoms with Crippen molar-refractivity contribution in [3.8, 4) is 0 Å². The van der Waals surface area contributed by atoms with Crippen molar-refractivity contribution < 1.29 is 9.53 Å². The number of hydrogen-bond acceptors (Lipinski definition) is 2.